The zero-order valence-electron chi connectivity index (χ0n) is 43.0. The summed E-state index contributed by atoms with van der Waals surface area (Å²) in [5.74, 6) is 2.61. The van der Waals surface area contributed by atoms with Gasteiger partial charge in [-0.05, 0) is 98.4 Å². The van der Waals surface area contributed by atoms with E-state index in [1.165, 1.54) is 168 Å². The van der Waals surface area contributed by atoms with Crippen molar-refractivity contribution in [2.75, 3.05) is 19.8 Å². The van der Waals surface area contributed by atoms with Gasteiger partial charge >= 0.3 is 0 Å². The van der Waals surface area contributed by atoms with E-state index in [2.05, 4.69) is 71.9 Å². The third-order valence-electron chi connectivity index (χ3n) is 14.6. The van der Waals surface area contributed by atoms with Gasteiger partial charge in [0.05, 0.1) is 24.3 Å². The molecule has 5 aromatic rings. The van der Waals surface area contributed by atoms with Gasteiger partial charge in [-0.15, -0.1) is 22.7 Å². The highest BCUT2D eigenvalue weighted by molar-refractivity contribution is 7.23. The monoisotopic (exact) mass is 950 g/mol. The van der Waals surface area contributed by atoms with E-state index in [1.54, 1.807) is 11.3 Å². The molecule has 5 nitrogen and oxygen atoms in total. The van der Waals surface area contributed by atoms with Crippen LogP contribution >= 0.6 is 22.7 Å². The third-order valence-corrected chi connectivity index (χ3v) is 16.8. The molecule has 0 bridgehead atoms. The smallest absolute Gasteiger partial charge is 0.262 e. The van der Waals surface area contributed by atoms with Crippen LogP contribution in [0.4, 0.5) is 0 Å². The van der Waals surface area contributed by atoms with Crippen molar-refractivity contribution >= 4 is 65.4 Å². The maximum Gasteiger partial charge on any atom is 0.262 e. The van der Waals surface area contributed by atoms with Crippen LogP contribution < -0.4 is 9.47 Å². The molecule has 0 saturated heterocycles. The molecule has 1 aliphatic rings. The molecule has 368 valence electrons. The molecule has 2 atom stereocenters. The quantitative estimate of drug-likeness (QED) is 0.0305. The number of fused-ring (bicyclic) bond motifs is 6. The van der Waals surface area contributed by atoms with E-state index in [1.807, 2.05) is 24.3 Å². The van der Waals surface area contributed by atoms with Crippen LogP contribution in [0.3, 0.4) is 0 Å². The van der Waals surface area contributed by atoms with E-state index in [0.29, 0.717) is 42.7 Å². The highest BCUT2D eigenvalue weighted by Gasteiger charge is 2.39. The van der Waals surface area contributed by atoms with Crippen molar-refractivity contribution < 1.29 is 19.1 Å². The van der Waals surface area contributed by atoms with Crippen LogP contribution in [0.5, 0.6) is 11.5 Å². The minimum Gasteiger partial charge on any atom is -0.493 e. The number of unbranched alkanes of at least 4 members (excludes halogenated alkanes) is 17. The van der Waals surface area contributed by atoms with E-state index >= 15 is 0 Å². The second kappa shape index (κ2) is 27.7. The molecule has 6 rings (SSSR count). The fraction of sp³-hybridized carbons (Fsp3) is 0.633. The molecular formula is C60H87NO4S2. The van der Waals surface area contributed by atoms with Crippen molar-refractivity contribution in [1.82, 2.24) is 4.90 Å². The van der Waals surface area contributed by atoms with Gasteiger partial charge in [-0.2, -0.15) is 0 Å². The molecule has 3 heterocycles. The second-order valence-electron chi connectivity index (χ2n) is 20.3. The summed E-state index contributed by atoms with van der Waals surface area (Å²) in [6.45, 7) is 17.5. The number of amides is 2. The van der Waals surface area contributed by atoms with Crippen molar-refractivity contribution in [2.24, 2.45) is 11.8 Å². The van der Waals surface area contributed by atoms with Crippen LogP contribution in [-0.4, -0.2) is 36.5 Å². The first-order chi connectivity index (χ1) is 32.7. The highest BCUT2D eigenvalue weighted by atomic mass is 32.1. The number of rotatable bonds is 34. The van der Waals surface area contributed by atoms with Crippen LogP contribution in [0.2, 0.25) is 0 Å². The summed E-state index contributed by atoms with van der Waals surface area (Å²) in [7, 11) is 0. The second-order valence-corrected chi connectivity index (χ2v) is 22.6. The minimum atomic E-state index is -0.144. The maximum absolute atomic E-state index is 14.5. The van der Waals surface area contributed by atoms with Gasteiger partial charge in [0.15, 0.2) is 0 Å². The van der Waals surface area contributed by atoms with Gasteiger partial charge in [0.1, 0.15) is 11.5 Å². The number of aryl methyl sites for hydroxylation is 2. The van der Waals surface area contributed by atoms with E-state index < -0.39 is 0 Å². The van der Waals surface area contributed by atoms with E-state index in [-0.39, 0.29) is 11.8 Å². The normalized spacial score (nSPS) is 13.7. The lowest BCUT2D eigenvalue weighted by molar-refractivity contribution is 0.0651. The van der Waals surface area contributed by atoms with Crippen molar-refractivity contribution in [3.05, 3.63) is 58.0 Å². The van der Waals surface area contributed by atoms with Gasteiger partial charge in [0.25, 0.3) is 11.8 Å². The van der Waals surface area contributed by atoms with Crippen LogP contribution in [0.1, 0.15) is 233 Å². The molecule has 2 aromatic heterocycles. The summed E-state index contributed by atoms with van der Waals surface area (Å²) < 4.78 is 16.7. The van der Waals surface area contributed by atoms with Gasteiger partial charge in [0.2, 0.25) is 0 Å². The van der Waals surface area contributed by atoms with Crippen molar-refractivity contribution in [3.8, 4) is 21.9 Å². The Kier molecular flexibility index (Phi) is 21.9. The highest BCUT2D eigenvalue weighted by Crippen LogP contribution is 2.50. The number of ether oxygens (including phenoxy) is 2. The number of thiophene rings is 2. The topological polar surface area (TPSA) is 55.8 Å². The van der Waals surface area contributed by atoms with Crippen LogP contribution in [-0.2, 0) is 0 Å². The van der Waals surface area contributed by atoms with Gasteiger partial charge in [-0.1, -0.05) is 182 Å². The average Bonchev–Trinajstić information content (AvgIpc) is 4.00. The third kappa shape index (κ3) is 14.1. The van der Waals surface area contributed by atoms with Gasteiger partial charge in [-0.3, -0.25) is 14.5 Å². The Morgan fingerprint density at radius 2 is 0.940 bits per heavy atom. The number of hydrogen-bond acceptors (Lipinski definition) is 6. The largest absolute Gasteiger partial charge is 0.493 e. The van der Waals surface area contributed by atoms with E-state index in [4.69, 9.17) is 9.47 Å². The number of nitrogens with zero attached hydrogens (tertiary/aromatic N) is 1. The molecule has 0 N–H and O–H groups in total. The van der Waals surface area contributed by atoms with Gasteiger partial charge in [-0.25, -0.2) is 0 Å². The number of benzene rings is 3. The van der Waals surface area contributed by atoms with Gasteiger partial charge < -0.3 is 9.47 Å². The van der Waals surface area contributed by atoms with Crippen molar-refractivity contribution in [3.63, 3.8) is 0 Å². The summed E-state index contributed by atoms with van der Waals surface area (Å²) in [5, 5.41) is 4.59. The molecule has 0 spiro atoms. The van der Waals surface area contributed by atoms with Gasteiger partial charge in [0, 0.05) is 42.0 Å². The standard InChI is InChI=1S/C60H87NO4S2/c1-8-13-18-21-22-23-24-25-26-29-36-61-59(62)53-43(6)34-35-49(54(53)60(61)63)52-40-48-39-51(65-42-46(31-17-12-5)33-28-20-15-10-3)55-56(58(48)67-52)50(38-47-37-44(7)66-57(47)55)64-41-45(30-16-11-4)32-27-19-14-9-2/h34-35,37-40,45-46H,8-33,36,41-42H2,1-7H3. The number of hydrogen-bond donors (Lipinski definition) is 0. The Bertz CT molecular complexity index is 2290. The molecule has 0 saturated carbocycles. The summed E-state index contributed by atoms with van der Waals surface area (Å²) >= 11 is 3.59. The van der Waals surface area contributed by atoms with E-state index in [0.717, 1.165) is 67.6 Å². The number of imide groups is 1. The maximum atomic E-state index is 14.5. The molecule has 0 aliphatic carbocycles. The molecule has 0 fully saturated rings. The molecule has 1 aliphatic heterocycles. The molecule has 2 amide bonds. The lowest BCUT2D eigenvalue weighted by atomic mass is 9.95. The molecule has 7 heteroatoms. The summed E-state index contributed by atoms with van der Waals surface area (Å²) in [5.41, 5.74) is 2.88. The Hall–Kier alpha value is -3.42. The first kappa shape index (κ1) is 52.9. The first-order valence-electron chi connectivity index (χ1n) is 27.4. The average molecular weight is 950 g/mol. The Labute approximate surface area is 414 Å². The SMILES string of the molecule is CCCCCCCCCCCCN1C(=O)c2c(C)ccc(-c3cc4cc(OCC(CCCC)CCCCCC)c5c6sc(C)cc6cc(OCC(CCCC)CCCCCC)c5c4s3)c2C1=O. The van der Waals surface area contributed by atoms with Crippen LogP contribution in [0, 0.1) is 25.7 Å². The fourth-order valence-corrected chi connectivity index (χ4v) is 12.8. The number of carbonyl (C=O) groups excluding carboxylic acids is 2. The Balaban J connectivity index is 1.38. The predicted molar refractivity (Wildman–Crippen MR) is 291 cm³/mol. The lowest BCUT2D eigenvalue weighted by Crippen LogP contribution is -2.30. The fourth-order valence-electron chi connectivity index (χ4n) is 10.5. The molecule has 3 aromatic carbocycles. The number of carbonyl (C=O) groups is 2. The minimum absolute atomic E-state index is 0.136. The molecule has 67 heavy (non-hydrogen) atoms. The molecular weight excluding hydrogens is 863 g/mol. The molecule has 2 unspecified atom stereocenters. The van der Waals surface area contributed by atoms with E-state index in [9.17, 15) is 9.59 Å². The summed E-state index contributed by atoms with van der Waals surface area (Å²) in [4.78, 5) is 32.4. The zero-order chi connectivity index (χ0) is 47.5. The summed E-state index contributed by atoms with van der Waals surface area (Å²) in [6.07, 6.45) is 31.9. The van der Waals surface area contributed by atoms with Crippen molar-refractivity contribution in [2.45, 2.75) is 215 Å². The Morgan fingerprint density at radius 3 is 1.48 bits per heavy atom. The Morgan fingerprint density at radius 1 is 0.493 bits per heavy atom. The first-order valence-corrected chi connectivity index (χ1v) is 29.1. The van der Waals surface area contributed by atoms with Crippen molar-refractivity contribution in [1.29, 1.82) is 0 Å². The van der Waals surface area contributed by atoms with Crippen LogP contribution in [0.15, 0.2) is 36.4 Å². The summed E-state index contributed by atoms with van der Waals surface area (Å²) in [6, 6.07) is 13.3. The lowest BCUT2D eigenvalue weighted by Gasteiger charge is -2.21. The zero-order valence-corrected chi connectivity index (χ0v) is 44.7. The van der Waals surface area contributed by atoms with Crippen LogP contribution in [0.25, 0.3) is 41.4 Å². The molecule has 0 radical (unpaired) electrons. The predicted octanol–water partition coefficient (Wildman–Crippen LogP) is 19.4.